The van der Waals surface area contributed by atoms with Crippen LogP contribution in [0.15, 0.2) is 30.3 Å². The van der Waals surface area contributed by atoms with Gasteiger partial charge in [0.15, 0.2) is 0 Å². The first-order chi connectivity index (χ1) is 13.3. The summed E-state index contributed by atoms with van der Waals surface area (Å²) in [5, 5.41) is 0. The molecule has 7 nitrogen and oxygen atoms in total. The summed E-state index contributed by atoms with van der Waals surface area (Å²) < 4.78 is 46.9. The highest BCUT2D eigenvalue weighted by Gasteiger charge is 2.34. The molecule has 150 valence electrons. The molecule has 0 N–H and O–H groups in total. The number of nitrogens with zero attached hydrogens (tertiary/aromatic N) is 4. The van der Waals surface area contributed by atoms with Crippen molar-refractivity contribution in [2.45, 2.75) is 13.3 Å². The van der Waals surface area contributed by atoms with Gasteiger partial charge in [-0.2, -0.15) is 4.98 Å². The standard InChI is InChI=1S/C18H19F3N4O3/c1-12-22-15(11-16(23-12)27-2)24-7-9-25(10-8-24)17(26)13-5-3-4-6-14(13)28-18(19,20)21/h3-6,11H,7-10H2,1-2H3. The molecule has 2 aromatic rings. The third-order valence-electron chi connectivity index (χ3n) is 4.24. The molecule has 2 heterocycles. The van der Waals surface area contributed by atoms with Gasteiger partial charge in [0.2, 0.25) is 5.88 Å². The van der Waals surface area contributed by atoms with Gasteiger partial charge in [-0.25, -0.2) is 4.98 Å². The van der Waals surface area contributed by atoms with Crippen LogP contribution < -0.4 is 14.4 Å². The molecule has 0 bridgehead atoms. The van der Waals surface area contributed by atoms with E-state index in [4.69, 9.17) is 4.74 Å². The molecule has 1 amide bonds. The number of carbonyl (C=O) groups is 1. The molecule has 0 atom stereocenters. The van der Waals surface area contributed by atoms with Gasteiger partial charge in [0.25, 0.3) is 5.91 Å². The van der Waals surface area contributed by atoms with Crippen LogP contribution in [0, 0.1) is 6.92 Å². The van der Waals surface area contributed by atoms with Gasteiger partial charge in [0.05, 0.1) is 12.7 Å². The topological polar surface area (TPSA) is 67.8 Å². The van der Waals surface area contributed by atoms with E-state index in [0.717, 1.165) is 6.07 Å². The van der Waals surface area contributed by atoms with Gasteiger partial charge < -0.3 is 19.3 Å². The lowest BCUT2D eigenvalue weighted by atomic mass is 10.1. The Hall–Kier alpha value is -3.04. The molecule has 0 radical (unpaired) electrons. The number of halogens is 3. The van der Waals surface area contributed by atoms with E-state index < -0.39 is 18.0 Å². The van der Waals surface area contributed by atoms with E-state index in [9.17, 15) is 18.0 Å². The van der Waals surface area contributed by atoms with Crippen molar-refractivity contribution in [3.8, 4) is 11.6 Å². The average molecular weight is 396 g/mol. The molecule has 0 saturated carbocycles. The van der Waals surface area contributed by atoms with Crippen molar-refractivity contribution < 1.29 is 27.4 Å². The van der Waals surface area contributed by atoms with E-state index in [1.165, 1.54) is 30.2 Å². The minimum atomic E-state index is -4.86. The number of piperazine rings is 1. The van der Waals surface area contributed by atoms with E-state index in [0.29, 0.717) is 43.7 Å². The van der Waals surface area contributed by atoms with Crippen molar-refractivity contribution in [3.63, 3.8) is 0 Å². The summed E-state index contributed by atoms with van der Waals surface area (Å²) in [6.45, 7) is 3.39. The number of carbonyl (C=O) groups excluding carboxylic acids is 1. The number of alkyl halides is 3. The second-order valence-electron chi connectivity index (χ2n) is 6.14. The first-order valence-corrected chi connectivity index (χ1v) is 8.55. The van der Waals surface area contributed by atoms with Crippen molar-refractivity contribution in [3.05, 3.63) is 41.7 Å². The zero-order valence-corrected chi connectivity index (χ0v) is 15.4. The van der Waals surface area contributed by atoms with Gasteiger partial charge in [-0.05, 0) is 19.1 Å². The average Bonchev–Trinajstić information content (AvgIpc) is 2.66. The number of hydrogen-bond donors (Lipinski definition) is 0. The number of amides is 1. The maximum absolute atomic E-state index is 12.7. The van der Waals surface area contributed by atoms with Gasteiger partial charge >= 0.3 is 6.36 Å². The van der Waals surface area contributed by atoms with Crippen LogP contribution in [0.4, 0.5) is 19.0 Å². The summed E-state index contributed by atoms with van der Waals surface area (Å²) in [5.41, 5.74) is -0.118. The Kier molecular flexibility index (Phi) is 5.57. The Morgan fingerprint density at radius 1 is 1.11 bits per heavy atom. The van der Waals surface area contributed by atoms with Crippen molar-refractivity contribution >= 4 is 11.7 Å². The normalized spacial score (nSPS) is 14.8. The first-order valence-electron chi connectivity index (χ1n) is 8.55. The Morgan fingerprint density at radius 3 is 2.43 bits per heavy atom. The minimum Gasteiger partial charge on any atom is -0.481 e. The van der Waals surface area contributed by atoms with Crippen LogP contribution in [0.5, 0.6) is 11.6 Å². The zero-order chi connectivity index (χ0) is 20.3. The number of ether oxygens (including phenoxy) is 2. The molecule has 28 heavy (non-hydrogen) atoms. The van der Waals surface area contributed by atoms with Gasteiger partial charge in [-0.1, -0.05) is 12.1 Å². The number of aryl methyl sites for hydroxylation is 1. The summed E-state index contributed by atoms with van der Waals surface area (Å²) in [6.07, 6.45) is -4.86. The number of anilines is 1. The number of benzene rings is 1. The second kappa shape index (κ2) is 7.91. The third kappa shape index (κ3) is 4.62. The predicted molar refractivity (Wildman–Crippen MR) is 94.6 cm³/mol. The Balaban J connectivity index is 1.70. The number of methoxy groups -OCH3 is 1. The van der Waals surface area contributed by atoms with Gasteiger partial charge in [-0.3, -0.25) is 4.79 Å². The van der Waals surface area contributed by atoms with Crippen molar-refractivity contribution in [1.29, 1.82) is 0 Å². The fraction of sp³-hybridized carbons (Fsp3) is 0.389. The summed E-state index contributed by atoms with van der Waals surface area (Å²) in [6, 6.07) is 7.06. The number of hydrogen-bond acceptors (Lipinski definition) is 6. The van der Waals surface area contributed by atoms with Crippen LogP contribution in [0.2, 0.25) is 0 Å². The van der Waals surface area contributed by atoms with Gasteiger partial charge in [-0.15, -0.1) is 13.2 Å². The third-order valence-corrected chi connectivity index (χ3v) is 4.24. The highest BCUT2D eigenvalue weighted by atomic mass is 19.4. The Bertz CT molecular complexity index is 852. The van der Waals surface area contributed by atoms with Crippen molar-refractivity contribution in [2.24, 2.45) is 0 Å². The van der Waals surface area contributed by atoms with E-state index in [-0.39, 0.29) is 5.56 Å². The zero-order valence-electron chi connectivity index (χ0n) is 15.4. The molecule has 3 rings (SSSR count). The fourth-order valence-electron chi connectivity index (χ4n) is 2.96. The van der Waals surface area contributed by atoms with Crippen LogP contribution in [0.1, 0.15) is 16.2 Å². The second-order valence-corrected chi connectivity index (χ2v) is 6.14. The molecule has 0 unspecified atom stereocenters. The molecule has 0 spiro atoms. The lowest BCUT2D eigenvalue weighted by Crippen LogP contribution is -2.49. The number of para-hydroxylation sites is 1. The minimum absolute atomic E-state index is 0.118. The Morgan fingerprint density at radius 2 is 1.79 bits per heavy atom. The summed E-state index contributed by atoms with van der Waals surface area (Å²) >= 11 is 0. The number of aromatic nitrogens is 2. The van der Waals surface area contributed by atoms with Crippen LogP contribution in [0.25, 0.3) is 0 Å². The number of rotatable bonds is 4. The summed E-state index contributed by atoms with van der Waals surface area (Å²) in [4.78, 5) is 24.7. The molecule has 1 saturated heterocycles. The van der Waals surface area contributed by atoms with E-state index in [1.807, 2.05) is 4.90 Å². The molecule has 0 aliphatic carbocycles. The molecule has 1 aromatic heterocycles. The monoisotopic (exact) mass is 396 g/mol. The van der Waals surface area contributed by atoms with E-state index in [1.54, 1.807) is 13.0 Å². The molecular formula is C18H19F3N4O3. The molecule has 1 aliphatic rings. The first kappa shape index (κ1) is 19.7. The van der Waals surface area contributed by atoms with Crippen LogP contribution in [-0.4, -0.2) is 60.4 Å². The van der Waals surface area contributed by atoms with Crippen molar-refractivity contribution in [1.82, 2.24) is 14.9 Å². The SMILES string of the molecule is COc1cc(N2CCN(C(=O)c3ccccc3OC(F)(F)F)CC2)nc(C)n1. The highest BCUT2D eigenvalue weighted by Crippen LogP contribution is 2.28. The van der Waals surface area contributed by atoms with Crippen molar-refractivity contribution in [2.75, 3.05) is 38.2 Å². The smallest absolute Gasteiger partial charge is 0.481 e. The lowest BCUT2D eigenvalue weighted by Gasteiger charge is -2.35. The fourth-order valence-corrected chi connectivity index (χ4v) is 2.96. The van der Waals surface area contributed by atoms with Gasteiger partial charge in [0.1, 0.15) is 17.4 Å². The van der Waals surface area contributed by atoms with E-state index in [2.05, 4.69) is 14.7 Å². The molecule has 1 aliphatic heterocycles. The highest BCUT2D eigenvalue weighted by molar-refractivity contribution is 5.97. The molecular weight excluding hydrogens is 377 g/mol. The molecule has 1 fully saturated rings. The molecule has 1 aromatic carbocycles. The van der Waals surface area contributed by atoms with E-state index >= 15 is 0 Å². The lowest BCUT2D eigenvalue weighted by molar-refractivity contribution is -0.274. The van der Waals surface area contributed by atoms with Gasteiger partial charge in [0, 0.05) is 32.2 Å². The Labute approximate surface area is 159 Å². The summed E-state index contributed by atoms with van der Waals surface area (Å²) in [5.74, 6) is 0.678. The van der Waals surface area contributed by atoms with Crippen LogP contribution >= 0.6 is 0 Å². The predicted octanol–water partition coefficient (Wildman–Crippen LogP) is 2.65. The van der Waals surface area contributed by atoms with Crippen LogP contribution in [0.3, 0.4) is 0 Å². The maximum atomic E-state index is 12.7. The quantitative estimate of drug-likeness (QED) is 0.792. The largest absolute Gasteiger partial charge is 0.573 e. The maximum Gasteiger partial charge on any atom is 0.573 e. The van der Waals surface area contributed by atoms with Crippen LogP contribution in [-0.2, 0) is 0 Å². The molecule has 10 heteroatoms. The summed E-state index contributed by atoms with van der Waals surface area (Å²) in [7, 11) is 1.52.